The highest BCUT2D eigenvalue weighted by molar-refractivity contribution is 5.95. The lowest BCUT2D eigenvalue weighted by molar-refractivity contribution is 0.0761. The van der Waals surface area contributed by atoms with E-state index >= 15 is 0 Å². The summed E-state index contributed by atoms with van der Waals surface area (Å²) < 4.78 is 33.6. The van der Waals surface area contributed by atoms with Crippen LogP contribution in [0, 0.1) is 11.6 Å². The molecule has 1 heterocycles. The van der Waals surface area contributed by atoms with E-state index in [1.807, 2.05) is 0 Å². The molecule has 1 saturated heterocycles. The van der Waals surface area contributed by atoms with E-state index in [0.29, 0.717) is 30.9 Å². The lowest BCUT2D eigenvalue weighted by atomic mass is 10.0. The molecule has 0 saturated carbocycles. The molecule has 1 aliphatic rings. The Hall–Kier alpha value is -2.47. The van der Waals surface area contributed by atoms with Crippen molar-refractivity contribution in [3.63, 3.8) is 0 Å². The third-order valence-corrected chi connectivity index (χ3v) is 4.31. The number of methoxy groups -OCH3 is 1. The van der Waals surface area contributed by atoms with Crippen LogP contribution in [0.1, 0.15) is 16.8 Å². The largest absolute Gasteiger partial charge is 0.497 e. The van der Waals surface area contributed by atoms with Gasteiger partial charge in [0.05, 0.1) is 12.7 Å². The molecule has 1 amide bonds. The van der Waals surface area contributed by atoms with Gasteiger partial charge in [0.25, 0.3) is 5.91 Å². The summed E-state index contributed by atoms with van der Waals surface area (Å²) in [4.78, 5) is 14.2. The maximum Gasteiger partial charge on any atom is 0.256 e. The predicted octanol–water partition coefficient (Wildman–Crippen LogP) is 3.08. The van der Waals surface area contributed by atoms with E-state index in [4.69, 9.17) is 4.74 Å². The van der Waals surface area contributed by atoms with E-state index in [9.17, 15) is 13.6 Å². The molecule has 0 atom stereocenters. The zero-order chi connectivity index (χ0) is 17.8. The molecular weight excluding hydrogens is 326 g/mol. The molecule has 2 aromatic carbocycles. The Morgan fingerprint density at radius 3 is 2.64 bits per heavy atom. The molecule has 0 aliphatic carbocycles. The molecule has 0 unspecified atom stereocenters. The number of ether oxygens (including phenoxy) is 1. The molecule has 6 heteroatoms. The number of nitrogens with zero attached hydrogens (tertiary/aromatic N) is 1. The van der Waals surface area contributed by atoms with Crippen molar-refractivity contribution in [3.05, 3.63) is 53.6 Å². The van der Waals surface area contributed by atoms with Gasteiger partial charge in [0.2, 0.25) is 0 Å². The Bertz CT molecular complexity index is 772. The first-order valence-corrected chi connectivity index (χ1v) is 8.23. The van der Waals surface area contributed by atoms with Crippen LogP contribution < -0.4 is 10.1 Å². The molecule has 132 valence electrons. The second-order valence-corrected chi connectivity index (χ2v) is 5.94. The average Bonchev–Trinajstić information content (AvgIpc) is 2.90. The van der Waals surface area contributed by atoms with Gasteiger partial charge in [0.1, 0.15) is 17.4 Å². The minimum Gasteiger partial charge on any atom is -0.497 e. The van der Waals surface area contributed by atoms with E-state index in [2.05, 4.69) is 5.32 Å². The molecule has 0 bridgehead atoms. The van der Waals surface area contributed by atoms with Gasteiger partial charge < -0.3 is 15.0 Å². The van der Waals surface area contributed by atoms with Crippen molar-refractivity contribution in [1.82, 2.24) is 10.2 Å². The van der Waals surface area contributed by atoms with Gasteiger partial charge >= 0.3 is 0 Å². The highest BCUT2D eigenvalue weighted by Crippen LogP contribution is 2.28. The number of amides is 1. The average molecular weight is 346 g/mol. The zero-order valence-electron chi connectivity index (χ0n) is 14.0. The van der Waals surface area contributed by atoms with Crippen LogP contribution in [0.25, 0.3) is 11.1 Å². The molecule has 0 aromatic heterocycles. The van der Waals surface area contributed by atoms with Gasteiger partial charge in [-0.05, 0) is 42.8 Å². The standard InChI is InChI=1S/C19H20F2N2O2/c1-25-14-4-6-15(18(21)12-14)13-3-5-16(17(20)11-13)19(24)23-9-2-7-22-8-10-23/h3-6,11-12,22H,2,7-10H2,1H3. The topological polar surface area (TPSA) is 41.6 Å². The lowest BCUT2D eigenvalue weighted by Gasteiger charge is -2.20. The SMILES string of the molecule is COc1ccc(-c2ccc(C(=O)N3CCCNCC3)c(F)c2)c(F)c1. The fourth-order valence-electron chi connectivity index (χ4n) is 2.93. The quantitative estimate of drug-likeness (QED) is 0.929. The Labute approximate surface area is 145 Å². The van der Waals surface area contributed by atoms with Gasteiger partial charge in [-0.3, -0.25) is 4.79 Å². The summed E-state index contributed by atoms with van der Waals surface area (Å²) in [7, 11) is 1.45. The van der Waals surface area contributed by atoms with Crippen LogP contribution in [0.15, 0.2) is 36.4 Å². The van der Waals surface area contributed by atoms with E-state index in [1.165, 1.54) is 31.4 Å². The summed E-state index contributed by atoms with van der Waals surface area (Å²) in [6.45, 7) is 2.69. The molecule has 0 radical (unpaired) electrons. The van der Waals surface area contributed by atoms with Crippen molar-refractivity contribution < 1.29 is 18.3 Å². The van der Waals surface area contributed by atoms with Gasteiger partial charge in [0, 0.05) is 31.3 Å². The third kappa shape index (κ3) is 3.79. The van der Waals surface area contributed by atoms with Crippen LogP contribution in [0.3, 0.4) is 0 Å². The van der Waals surface area contributed by atoms with Crippen LogP contribution in [0.2, 0.25) is 0 Å². The van der Waals surface area contributed by atoms with Crippen molar-refractivity contribution in [2.24, 2.45) is 0 Å². The van der Waals surface area contributed by atoms with E-state index < -0.39 is 11.6 Å². The minimum atomic E-state index is -0.644. The number of carbonyl (C=O) groups excluding carboxylic acids is 1. The lowest BCUT2D eigenvalue weighted by Crippen LogP contribution is -2.34. The maximum absolute atomic E-state index is 14.5. The normalized spacial score (nSPS) is 14.9. The molecule has 1 aliphatic heterocycles. The van der Waals surface area contributed by atoms with Crippen LogP contribution in [-0.2, 0) is 0 Å². The summed E-state index contributed by atoms with van der Waals surface area (Å²) in [6.07, 6.45) is 0.836. The van der Waals surface area contributed by atoms with E-state index in [-0.39, 0.29) is 17.0 Å². The first-order valence-electron chi connectivity index (χ1n) is 8.23. The van der Waals surface area contributed by atoms with Crippen molar-refractivity contribution in [2.45, 2.75) is 6.42 Å². The van der Waals surface area contributed by atoms with Crippen LogP contribution >= 0.6 is 0 Å². The summed E-state index contributed by atoms with van der Waals surface area (Å²) in [5, 5.41) is 3.20. The fourth-order valence-corrected chi connectivity index (χ4v) is 2.93. The molecule has 1 N–H and O–H groups in total. The number of benzene rings is 2. The molecular formula is C19H20F2N2O2. The summed E-state index contributed by atoms with van der Waals surface area (Å²) >= 11 is 0. The Kier molecular flexibility index (Phi) is 5.28. The molecule has 4 nitrogen and oxygen atoms in total. The predicted molar refractivity (Wildman–Crippen MR) is 91.7 cm³/mol. The third-order valence-electron chi connectivity index (χ3n) is 4.31. The second-order valence-electron chi connectivity index (χ2n) is 5.94. The minimum absolute atomic E-state index is 0.0135. The number of carbonyl (C=O) groups is 1. The van der Waals surface area contributed by atoms with E-state index in [1.54, 1.807) is 17.0 Å². The van der Waals surface area contributed by atoms with Crippen molar-refractivity contribution >= 4 is 5.91 Å². The van der Waals surface area contributed by atoms with Crippen LogP contribution in [0.5, 0.6) is 5.75 Å². The van der Waals surface area contributed by atoms with Crippen molar-refractivity contribution in [3.8, 4) is 16.9 Å². The van der Waals surface area contributed by atoms with Gasteiger partial charge in [0.15, 0.2) is 0 Å². The summed E-state index contributed by atoms with van der Waals surface area (Å²) in [5.41, 5.74) is 0.656. The highest BCUT2D eigenvalue weighted by Gasteiger charge is 2.21. The maximum atomic E-state index is 14.5. The number of rotatable bonds is 3. The molecule has 0 spiro atoms. The van der Waals surface area contributed by atoms with Crippen LogP contribution in [-0.4, -0.2) is 44.1 Å². The van der Waals surface area contributed by atoms with Gasteiger partial charge in [-0.2, -0.15) is 0 Å². The van der Waals surface area contributed by atoms with E-state index in [0.717, 1.165) is 13.0 Å². The number of hydrogen-bond donors (Lipinski definition) is 1. The number of halogens is 2. The summed E-state index contributed by atoms with van der Waals surface area (Å²) in [6, 6.07) is 8.58. The van der Waals surface area contributed by atoms with Crippen LogP contribution in [0.4, 0.5) is 8.78 Å². The van der Waals surface area contributed by atoms with Gasteiger partial charge in [-0.15, -0.1) is 0 Å². The van der Waals surface area contributed by atoms with Crippen molar-refractivity contribution in [1.29, 1.82) is 0 Å². The smallest absolute Gasteiger partial charge is 0.256 e. The van der Waals surface area contributed by atoms with Crippen molar-refractivity contribution in [2.75, 3.05) is 33.3 Å². The Balaban J connectivity index is 1.86. The second kappa shape index (κ2) is 7.61. The monoisotopic (exact) mass is 346 g/mol. The molecule has 25 heavy (non-hydrogen) atoms. The van der Waals surface area contributed by atoms with Gasteiger partial charge in [-0.1, -0.05) is 6.07 Å². The highest BCUT2D eigenvalue weighted by atomic mass is 19.1. The van der Waals surface area contributed by atoms with Gasteiger partial charge in [-0.25, -0.2) is 8.78 Å². The number of hydrogen-bond acceptors (Lipinski definition) is 3. The molecule has 2 aromatic rings. The Morgan fingerprint density at radius 1 is 1.08 bits per heavy atom. The first kappa shape index (κ1) is 17.4. The molecule has 3 rings (SSSR count). The Morgan fingerprint density at radius 2 is 1.92 bits per heavy atom. The fraction of sp³-hybridized carbons (Fsp3) is 0.316. The molecule has 1 fully saturated rings. The first-order chi connectivity index (χ1) is 12.1. The zero-order valence-corrected chi connectivity index (χ0v) is 14.0. The number of nitrogens with one attached hydrogen (secondary N) is 1. The summed E-state index contributed by atoms with van der Waals surface area (Å²) in [5.74, 6) is -1.09.